The molecule has 4 aromatic heterocycles. The van der Waals surface area contributed by atoms with Gasteiger partial charge in [0.2, 0.25) is 5.95 Å². The maximum Gasteiger partial charge on any atom is 0.238 e. The van der Waals surface area contributed by atoms with E-state index >= 15 is 0 Å². The average Bonchev–Trinajstić information content (AvgIpc) is 4.01. The van der Waals surface area contributed by atoms with Gasteiger partial charge in [-0.3, -0.25) is 4.57 Å². The highest BCUT2D eigenvalue weighted by Gasteiger charge is 2.22. The van der Waals surface area contributed by atoms with Gasteiger partial charge in [-0.05, 0) is 76.9 Å². The number of rotatable bonds is 6. The van der Waals surface area contributed by atoms with Crippen LogP contribution in [0, 0.1) is 0 Å². The van der Waals surface area contributed by atoms with Crippen molar-refractivity contribution in [3.8, 4) is 56.7 Å². The zero-order chi connectivity index (χ0) is 41.4. The van der Waals surface area contributed by atoms with E-state index in [0.29, 0.717) is 17.6 Å². The van der Waals surface area contributed by atoms with E-state index in [2.05, 4.69) is 203 Å². The fourth-order valence-corrected chi connectivity index (χ4v) is 9.53. The van der Waals surface area contributed by atoms with Gasteiger partial charge >= 0.3 is 0 Å². The molecule has 13 aromatic rings. The van der Waals surface area contributed by atoms with Crippen molar-refractivity contribution in [3.63, 3.8) is 0 Å². The summed E-state index contributed by atoms with van der Waals surface area (Å²) in [4.78, 5) is 16.0. The lowest BCUT2D eigenvalue weighted by molar-refractivity contribution is 0.669. The van der Waals surface area contributed by atoms with Gasteiger partial charge in [-0.15, -0.1) is 0 Å². The van der Waals surface area contributed by atoms with Crippen molar-refractivity contribution in [3.05, 3.63) is 212 Å². The third-order valence-electron chi connectivity index (χ3n) is 12.4. The molecule has 0 aliphatic heterocycles. The van der Waals surface area contributed by atoms with Gasteiger partial charge in [0.05, 0.1) is 22.1 Å². The maximum absolute atomic E-state index is 6.78. The Balaban J connectivity index is 1.07. The fourth-order valence-electron chi connectivity index (χ4n) is 9.53. The topological polar surface area (TPSA) is 61.7 Å². The van der Waals surface area contributed by atoms with E-state index in [1.165, 1.54) is 5.56 Å². The minimum absolute atomic E-state index is 0.545. The second-order valence-corrected chi connectivity index (χ2v) is 16.0. The maximum atomic E-state index is 6.78. The quantitative estimate of drug-likeness (QED) is 0.168. The van der Waals surface area contributed by atoms with Crippen LogP contribution in [0.25, 0.3) is 122 Å². The molecule has 4 heterocycles. The van der Waals surface area contributed by atoms with Gasteiger partial charge in [0, 0.05) is 49.1 Å². The van der Waals surface area contributed by atoms with Crippen LogP contribution in [0.4, 0.5) is 0 Å². The summed E-state index contributed by atoms with van der Waals surface area (Å²) in [6.07, 6.45) is 0. The van der Waals surface area contributed by atoms with E-state index in [9.17, 15) is 0 Å². The van der Waals surface area contributed by atoms with E-state index < -0.39 is 0 Å². The highest BCUT2D eigenvalue weighted by molar-refractivity contribution is 6.19. The van der Waals surface area contributed by atoms with Crippen LogP contribution in [0.5, 0.6) is 0 Å². The molecule has 0 fully saturated rings. The monoisotopic (exact) mass is 805 g/mol. The Labute approximate surface area is 361 Å². The average molecular weight is 806 g/mol. The molecule has 0 aliphatic rings. The number of para-hydroxylation sites is 3. The number of aromatic nitrogens is 5. The summed E-state index contributed by atoms with van der Waals surface area (Å²) in [5, 5.41) is 6.50. The number of benzene rings is 9. The van der Waals surface area contributed by atoms with Crippen LogP contribution in [-0.4, -0.2) is 24.1 Å². The molecule has 9 aromatic carbocycles. The molecule has 0 radical (unpaired) electrons. The third kappa shape index (κ3) is 5.62. The Morgan fingerprint density at radius 3 is 1.56 bits per heavy atom. The van der Waals surface area contributed by atoms with Crippen LogP contribution in [0.1, 0.15) is 0 Å². The second-order valence-electron chi connectivity index (χ2n) is 16.0. The summed E-state index contributed by atoms with van der Waals surface area (Å²) in [5.74, 6) is 1.69. The van der Waals surface area contributed by atoms with Crippen LogP contribution in [-0.2, 0) is 0 Å². The van der Waals surface area contributed by atoms with Crippen LogP contribution < -0.4 is 0 Å². The van der Waals surface area contributed by atoms with Crippen molar-refractivity contribution in [1.82, 2.24) is 24.1 Å². The van der Waals surface area contributed by atoms with Crippen molar-refractivity contribution < 1.29 is 4.42 Å². The van der Waals surface area contributed by atoms with E-state index in [1.54, 1.807) is 0 Å². The van der Waals surface area contributed by atoms with Gasteiger partial charge < -0.3 is 8.98 Å². The molecule has 0 aliphatic carbocycles. The molecule has 6 heteroatoms. The number of nitrogens with zero attached hydrogens (tertiary/aromatic N) is 5. The molecule has 0 saturated heterocycles. The minimum atomic E-state index is 0.545. The molecular weight excluding hydrogens is 771 g/mol. The summed E-state index contributed by atoms with van der Waals surface area (Å²) in [6.45, 7) is 0. The van der Waals surface area contributed by atoms with Crippen molar-refractivity contribution in [2.24, 2.45) is 0 Å². The lowest BCUT2D eigenvalue weighted by Gasteiger charge is -2.12. The summed E-state index contributed by atoms with van der Waals surface area (Å²) >= 11 is 0. The van der Waals surface area contributed by atoms with Crippen LogP contribution >= 0.6 is 0 Å². The predicted octanol–water partition coefficient (Wildman–Crippen LogP) is 14.6. The van der Waals surface area contributed by atoms with Crippen LogP contribution in [0.15, 0.2) is 217 Å². The predicted molar refractivity (Wildman–Crippen MR) is 258 cm³/mol. The number of fused-ring (bicyclic) bond motifs is 9. The summed E-state index contributed by atoms with van der Waals surface area (Å²) in [7, 11) is 0. The second kappa shape index (κ2) is 14.0. The summed E-state index contributed by atoms with van der Waals surface area (Å²) in [5.41, 5.74) is 13.2. The van der Waals surface area contributed by atoms with Crippen molar-refractivity contribution in [1.29, 1.82) is 0 Å². The first kappa shape index (κ1) is 35.2. The molecule has 0 amide bonds. The first-order valence-corrected chi connectivity index (χ1v) is 21.2. The Hall–Kier alpha value is -8.61. The molecule has 13 rings (SSSR count). The highest BCUT2D eigenvalue weighted by Crippen LogP contribution is 2.42. The molecular formula is C57H35N5O. The third-order valence-corrected chi connectivity index (χ3v) is 12.4. The van der Waals surface area contributed by atoms with Crippen molar-refractivity contribution in [2.75, 3.05) is 0 Å². The number of hydrogen-bond donors (Lipinski definition) is 0. The molecule has 0 N–H and O–H groups in total. The zero-order valence-electron chi connectivity index (χ0n) is 33.9. The SMILES string of the molecule is c1ccc(-c2cccc(-c3nc(-c4cccc5oc6cc7c8ccccc8n(-c8cccc(-c9ccccc9)c8)c7cc6c45)nc(-n4c5ccccc5c5ccccc54)n3)c2)cc1. The van der Waals surface area contributed by atoms with Crippen LogP contribution in [0.2, 0.25) is 0 Å². The largest absolute Gasteiger partial charge is 0.456 e. The van der Waals surface area contributed by atoms with E-state index in [1.807, 2.05) is 18.2 Å². The molecule has 0 unspecified atom stereocenters. The standard InChI is InChI=1S/C57H35N5O/c1-3-16-36(17-4-1)38-20-13-22-40(32-38)55-58-56(60-57(59-55)62-49-29-11-7-24-42(49)43-25-8-12-30-50(43)62)45-27-15-31-52-54(45)47-34-51-46(35-53(47)63-52)44-26-9-10-28-48(44)61(51)41-23-14-21-39(33-41)37-18-5-2-6-19-37/h1-35H. The lowest BCUT2D eigenvalue weighted by atomic mass is 10.0. The Kier molecular flexibility index (Phi) is 7.80. The Bertz CT molecular complexity index is 3860. The molecule has 0 atom stereocenters. The van der Waals surface area contributed by atoms with Gasteiger partial charge in [0.1, 0.15) is 11.2 Å². The normalized spacial score (nSPS) is 11.8. The highest BCUT2D eigenvalue weighted by atomic mass is 16.3. The zero-order valence-corrected chi connectivity index (χ0v) is 33.9. The molecule has 63 heavy (non-hydrogen) atoms. The first-order chi connectivity index (χ1) is 31.2. The number of furan rings is 1. The van der Waals surface area contributed by atoms with Gasteiger partial charge in [0.25, 0.3) is 0 Å². The molecule has 294 valence electrons. The van der Waals surface area contributed by atoms with Gasteiger partial charge in [-0.25, -0.2) is 4.98 Å². The summed E-state index contributed by atoms with van der Waals surface area (Å²) in [6, 6.07) is 74.4. The smallest absolute Gasteiger partial charge is 0.238 e. The number of hydrogen-bond acceptors (Lipinski definition) is 4. The van der Waals surface area contributed by atoms with Gasteiger partial charge in [-0.1, -0.05) is 158 Å². The van der Waals surface area contributed by atoms with Gasteiger partial charge in [0.15, 0.2) is 11.6 Å². The van der Waals surface area contributed by atoms with E-state index in [-0.39, 0.29) is 0 Å². The summed E-state index contributed by atoms with van der Waals surface area (Å²) < 4.78 is 11.3. The van der Waals surface area contributed by atoms with E-state index in [4.69, 9.17) is 19.4 Å². The fraction of sp³-hybridized carbons (Fsp3) is 0. The molecule has 0 bridgehead atoms. The lowest BCUT2D eigenvalue weighted by Crippen LogP contribution is -2.06. The molecule has 0 saturated carbocycles. The van der Waals surface area contributed by atoms with E-state index in [0.717, 1.165) is 99.1 Å². The van der Waals surface area contributed by atoms with Crippen LogP contribution in [0.3, 0.4) is 0 Å². The minimum Gasteiger partial charge on any atom is -0.456 e. The van der Waals surface area contributed by atoms with Gasteiger partial charge in [-0.2, -0.15) is 9.97 Å². The Morgan fingerprint density at radius 2 is 0.857 bits per heavy atom. The molecule has 6 nitrogen and oxygen atoms in total. The molecule has 0 spiro atoms. The van der Waals surface area contributed by atoms with Crippen molar-refractivity contribution >= 4 is 65.6 Å². The Morgan fingerprint density at radius 1 is 0.317 bits per heavy atom. The van der Waals surface area contributed by atoms with Crippen molar-refractivity contribution in [2.45, 2.75) is 0 Å². The first-order valence-electron chi connectivity index (χ1n) is 21.2.